The number of nitrogens with zero attached hydrogens (tertiary/aromatic N) is 1. The van der Waals surface area contributed by atoms with Crippen molar-refractivity contribution >= 4 is 17.6 Å². The third kappa shape index (κ3) is 2.60. The molecule has 5 heteroatoms. The van der Waals surface area contributed by atoms with Crippen molar-refractivity contribution in [3.05, 3.63) is 52.7 Å². The molecule has 4 nitrogen and oxygen atoms in total. The van der Waals surface area contributed by atoms with Crippen LogP contribution in [0.15, 0.2) is 36.4 Å². The van der Waals surface area contributed by atoms with E-state index in [2.05, 4.69) is 4.98 Å². The van der Waals surface area contributed by atoms with Crippen LogP contribution >= 0.6 is 11.6 Å². The number of aromatic nitrogens is 1. The zero-order valence-electron chi connectivity index (χ0n) is 9.55. The van der Waals surface area contributed by atoms with E-state index < -0.39 is 5.97 Å². The van der Waals surface area contributed by atoms with Crippen LogP contribution in [0.3, 0.4) is 0 Å². The number of para-hydroxylation sites is 1. The van der Waals surface area contributed by atoms with E-state index in [1.807, 2.05) is 25.1 Å². The molecular weight excluding hydrogens is 254 g/mol. The summed E-state index contributed by atoms with van der Waals surface area (Å²) in [5.74, 6) is -0.356. The molecule has 2 rings (SSSR count). The smallest absolute Gasteiger partial charge is 0.356 e. The molecule has 0 radical (unpaired) electrons. The van der Waals surface area contributed by atoms with Crippen LogP contribution in [-0.4, -0.2) is 16.1 Å². The first-order chi connectivity index (χ1) is 8.58. The van der Waals surface area contributed by atoms with E-state index >= 15 is 0 Å². The highest BCUT2D eigenvalue weighted by molar-refractivity contribution is 6.33. The molecule has 0 aliphatic carbocycles. The standard InChI is InChI=1S/C13H10ClNO3/c1-8-4-2-3-5-10(8)18-11-7-6-9(14)12(15-11)13(16)17/h2-7H,1H3,(H,16,17). The fourth-order valence-corrected chi connectivity index (χ4v) is 1.60. The Morgan fingerprint density at radius 1 is 1.28 bits per heavy atom. The molecular formula is C13H10ClNO3. The summed E-state index contributed by atoms with van der Waals surface area (Å²) >= 11 is 5.73. The van der Waals surface area contributed by atoms with Gasteiger partial charge in [0.25, 0.3) is 0 Å². The third-order valence-electron chi connectivity index (χ3n) is 2.33. The number of ether oxygens (including phenoxy) is 1. The first-order valence-electron chi connectivity index (χ1n) is 5.21. The van der Waals surface area contributed by atoms with E-state index in [1.165, 1.54) is 12.1 Å². The Labute approximate surface area is 109 Å². The molecule has 1 N–H and O–H groups in total. The maximum Gasteiger partial charge on any atom is 0.356 e. The van der Waals surface area contributed by atoms with Crippen LogP contribution in [0.4, 0.5) is 0 Å². The van der Waals surface area contributed by atoms with E-state index in [0.717, 1.165) is 5.56 Å². The zero-order valence-corrected chi connectivity index (χ0v) is 10.3. The molecule has 92 valence electrons. The molecule has 0 atom stereocenters. The monoisotopic (exact) mass is 263 g/mol. The molecule has 0 saturated heterocycles. The quantitative estimate of drug-likeness (QED) is 0.920. The molecule has 0 unspecified atom stereocenters. The maximum absolute atomic E-state index is 10.9. The molecule has 0 bridgehead atoms. The van der Waals surface area contributed by atoms with Crippen LogP contribution in [0.2, 0.25) is 5.02 Å². The van der Waals surface area contributed by atoms with E-state index in [4.69, 9.17) is 21.4 Å². The lowest BCUT2D eigenvalue weighted by molar-refractivity contribution is 0.0690. The number of carbonyl (C=O) groups is 1. The van der Waals surface area contributed by atoms with Gasteiger partial charge in [0.2, 0.25) is 5.88 Å². The van der Waals surface area contributed by atoms with Gasteiger partial charge in [-0.3, -0.25) is 0 Å². The summed E-state index contributed by atoms with van der Waals surface area (Å²) in [6, 6.07) is 10.4. The maximum atomic E-state index is 10.9. The zero-order chi connectivity index (χ0) is 13.1. The van der Waals surface area contributed by atoms with Crippen LogP contribution in [-0.2, 0) is 0 Å². The Morgan fingerprint density at radius 2 is 2.00 bits per heavy atom. The van der Waals surface area contributed by atoms with Gasteiger partial charge in [0, 0.05) is 6.07 Å². The van der Waals surface area contributed by atoms with Gasteiger partial charge in [-0.15, -0.1) is 0 Å². The van der Waals surface area contributed by atoms with Gasteiger partial charge in [-0.25, -0.2) is 9.78 Å². The number of pyridine rings is 1. The van der Waals surface area contributed by atoms with Crippen molar-refractivity contribution in [3.63, 3.8) is 0 Å². The van der Waals surface area contributed by atoms with Crippen molar-refractivity contribution in [3.8, 4) is 11.6 Å². The van der Waals surface area contributed by atoms with E-state index in [0.29, 0.717) is 5.75 Å². The summed E-state index contributed by atoms with van der Waals surface area (Å²) in [4.78, 5) is 14.7. The highest BCUT2D eigenvalue weighted by atomic mass is 35.5. The summed E-state index contributed by atoms with van der Waals surface area (Å²) in [6.45, 7) is 1.89. The van der Waals surface area contributed by atoms with Crippen molar-refractivity contribution in [2.75, 3.05) is 0 Å². The predicted octanol–water partition coefficient (Wildman–Crippen LogP) is 3.53. The molecule has 0 amide bonds. The molecule has 0 aliphatic heterocycles. The summed E-state index contributed by atoms with van der Waals surface area (Å²) in [5, 5.41) is 8.99. The van der Waals surface area contributed by atoms with Crippen molar-refractivity contribution in [1.29, 1.82) is 0 Å². The largest absolute Gasteiger partial charge is 0.476 e. The third-order valence-corrected chi connectivity index (χ3v) is 2.64. The predicted molar refractivity (Wildman–Crippen MR) is 67.5 cm³/mol. The number of carboxylic acid groups (broad SMARTS) is 1. The number of rotatable bonds is 3. The van der Waals surface area contributed by atoms with Crippen LogP contribution in [0.5, 0.6) is 11.6 Å². The summed E-state index contributed by atoms with van der Waals surface area (Å²) in [7, 11) is 0. The Bertz CT molecular complexity index is 599. The minimum Gasteiger partial charge on any atom is -0.476 e. The number of benzene rings is 1. The normalized spacial score (nSPS) is 10.1. The fraction of sp³-hybridized carbons (Fsp3) is 0.0769. The van der Waals surface area contributed by atoms with Crippen LogP contribution in [0, 0.1) is 6.92 Å². The van der Waals surface area contributed by atoms with Crippen LogP contribution in [0.25, 0.3) is 0 Å². The SMILES string of the molecule is Cc1ccccc1Oc1ccc(Cl)c(C(=O)O)n1. The molecule has 0 aliphatic rings. The Kier molecular flexibility index (Phi) is 3.48. The van der Waals surface area contributed by atoms with Gasteiger partial charge in [-0.05, 0) is 24.6 Å². The van der Waals surface area contributed by atoms with Crippen molar-refractivity contribution in [2.24, 2.45) is 0 Å². The minimum atomic E-state index is -1.18. The number of carboxylic acids is 1. The molecule has 1 heterocycles. The Balaban J connectivity index is 2.33. The summed E-state index contributed by atoms with van der Waals surface area (Å²) < 4.78 is 5.52. The van der Waals surface area contributed by atoms with Crippen molar-refractivity contribution in [1.82, 2.24) is 4.98 Å². The van der Waals surface area contributed by atoms with Crippen LogP contribution < -0.4 is 4.74 Å². The number of aromatic carboxylic acids is 1. The first-order valence-corrected chi connectivity index (χ1v) is 5.59. The van der Waals surface area contributed by atoms with Crippen molar-refractivity contribution < 1.29 is 14.6 Å². The second-order valence-corrected chi connectivity index (χ2v) is 4.06. The average Bonchev–Trinajstić information content (AvgIpc) is 2.34. The number of hydrogen-bond donors (Lipinski definition) is 1. The van der Waals surface area contributed by atoms with Gasteiger partial charge in [-0.1, -0.05) is 29.8 Å². The highest BCUT2D eigenvalue weighted by Crippen LogP contribution is 2.25. The molecule has 18 heavy (non-hydrogen) atoms. The molecule has 1 aromatic carbocycles. The van der Waals surface area contributed by atoms with Gasteiger partial charge in [0.05, 0.1) is 5.02 Å². The van der Waals surface area contributed by atoms with Gasteiger partial charge in [0.15, 0.2) is 5.69 Å². The second-order valence-electron chi connectivity index (χ2n) is 3.65. The minimum absolute atomic E-state index is 0.0830. The molecule has 2 aromatic rings. The first kappa shape index (κ1) is 12.4. The lowest BCUT2D eigenvalue weighted by Gasteiger charge is -2.08. The molecule has 0 spiro atoms. The molecule has 0 saturated carbocycles. The van der Waals surface area contributed by atoms with E-state index in [1.54, 1.807) is 6.07 Å². The van der Waals surface area contributed by atoms with Gasteiger partial charge in [0.1, 0.15) is 5.75 Å². The fourth-order valence-electron chi connectivity index (χ4n) is 1.41. The number of aryl methyl sites for hydroxylation is 1. The lowest BCUT2D eigenvalue weighted by Crippen LogP contribution is -2.02. The summed E-state index contributed by atoms with van der Waals surface area (Å²) in [5.41, 5.74) is 0.717. The van der Waals surface area contributed by atoms with Crippen molar-refractivity contribution in [2.45, 2.75) is 6.92 Å². The lowest BCUT2D eigenvalue weighted by atomic mass is 10.2. The van der Waals surface area contributed by atoms with Gasteiger partial charge in [-0.2, -0.15) is 0 Å². The summed E-state index contributed by atoms with van der Waals surface area (Å²) in [6.07, 6.45) is 0. The average molecular weight is 264 g/mol. The topological polar surface area (TPSA) is 59.4 Å². The second kappa shape index (κ2) is 5.06. The molecule has 1 aromatic heterocycles. The Morgan fingerprint density at radius 3 is 2.67 bits per heavy atom. The molecule has 0 fully saturated rings. The Hall–Kier alpha value is -2.07. The van der Waals surface area contributed by atoms with Gasteiger partial charge >= 0.3 is 5.97 Å². The highest BCUT2D eigenvalue weighted by Gasteiger charge is 2.12. The number of halogens is 1. The number of hydrogen-bond acceptors (Lipinski definition) is 3. The van der Waals surface area contributed by atoms with Crippen LogP contribution in [0.1, 0.15) is 16.1 Å². The van der Waals surface area contributed by atoms with E-state index in [9.17, 15) is 4.79 Å². The van der Waals surface area contributed by atoms with Gasteiger partial charge < -0.3 is 9.84 Å². The van der Waals surface area contributed by atoms with E-state index in [-0.39, 0.29) is 16.6 Å².